The molecule has 0 atom stereocenters. The number of ether oxygens (including phenoxy) is 3. The second-order valence-electron chi connectivity index (χ2n) is 9.26. The summed E-state index contributed by atoms with van der Waals surface area (Å²) >= 11 is 3.45. The van der Waals surface area contributed by atoms with Gasteiger partial charge in [-0.15, -0.1) is 0 Å². The molecule has 0 spiro atoms. The molecular formula is C27H30BrN3O6. The van der Waals surface area contributed by atoms with Crippen molar-refractivity contribution in [2.45, 2.75) is 52.4 Å². The SMILES string of the molecule is COc1ccc(Oc2c(C)cc(-n3nc(C(=O)OCCC4CCCCC4)c(=O)[nH]c3=O)cc2C)cc1Br. The van der Waals surface area contributed by atoms with Crippen molar-refractivity contribution in [3.63, 3.8) is 0 Å². The summed E-state index contributed by atoms with van der Waals surface area (Å²) in [7, 11) is 1.59. The van der Waals surface area contributed by atoms with Gasteiger partial charge in [-0.2, -0.15) is 9.78 Å². The minimum Gasteiger partial charge on any atom is -0.496 e. The monoisotopic (exact) mass is 571 g/mol. The third-order valence-electron chi connectivity index (χ3n) is 6.54. The number of rotatable bonds is 8. The van der Waals surface area contributed by atoms with E-state index in [9.17, 15) is 14.4 Å². The molecule has 0 saturated heterocycles. The molecule has 4 rings (SSSR count). The average Bonchev–Trinajstić information content (AvgIpc) is 2.87. The van der Waals surface area contributed by atoms with Crippen LogP contribution in [0.1, 0.15) is 60.1 Å². The van der Waals surface area contributed by atoms with Gasteiger partial charge in [-0.1, -0.05) is 32.1 Å². The highest BCUT2D eigenvalue weighted by Gasteiger charge is 2.20. The van der Waals surface area contributed by atoms with Crippen molar-refractivity contribution in [3.05, 3.63) is 72.5 Å². The summed E-state index contributed by atoms with van der Waals surface area (Å²) in [5.74, 6) is 1.59. The Hall–Kier alpha value is -3.40. The molecule has 196 valence electrons. The molecule has 1 heterocycles. The second kappa shape index (κ2) is 11.8. The maximum absolute atomic E-state index is 12.6. The number of nitrogens with one attached hydrogen (secondary N) is 1. The molecule has 10 heteroatoms. The van der Waals surface area contributed by atoms with E-state index in [0.717, 1.165) is 39.5 Å². The van der Waals surface area contributed by atoms with Crippen LogP contribution in [0.5, 0.6) is 17.2 Å². The van der Waals surface area contributed by atoms with E-state index in [0.29, 0.717) is 28.9 Å². The molecule has 1 aliphatic rings. The number of esters is 1. The number of H-pyrrole nitrogens is 1. The van der Waals surface area contributed by atoms with Crippen LogP contribution in [0.25, 0.3) is 5.69 Å². The van der Waals surface area contributed by atoms with Crippen LogP contribution in [0.15, 0.2) is 44.4 Å². The van der Waals surface area contributed by atoms with Crippen molar-refractivity contribution in [1.82, 2.24) is 14.8 Å². The lowest BCUT2D eigenvalue weighted by Crippen LogP contribution is -2.36. The van der Waals surface area contributed by atoms with E-state index >= 15 is 0 Å². The summed E-state index contributed by atoms with van der Waals surface area (Å²) < 4.78 is 18.4. The van der Waals surface area contributed by atoms with Crippen LogP contribution in [-0.4, -0.2) is 34.5 Å². The minimum absolute atomic E-state index is 0.218. The zero-order chi connectivity index (χ0) is 26.5. The molecule has 1 fully saturated rings. The van der Waals surface area contributed by atoms with Crippen LogP contribution >= 0.6 is 15.9 Å². The number of hydrogen-bond donors (Lipinski definition) is 1. The van der Waals surface area contributed by atoms with Crippen molar-refractivity contribution in [2.75, 3.05) is 13.7 Å². The normalized spacial score (nSPS) is 13.8. The Morgan fingerprint density at radius 1 is 1.11 bits per heavy atom. The topological polar surface area (TPSA) is 113 Å². The van der Waals surface area contributed by atoms with Gasteiger partial charge in [0.25, 0.3) is 5.56 Å². The molecule has 0 radical (unpaired) electrons. The number of benzene rings is 2. The fourth-order valence-electron chi connectivity index (χ4n) is 4.61. The lowest BCUT2D eigenvalue weighted by Gasteiger charge is -2.20. The lowest BCUT2D eigenvalue weighted by molar-refractivity contribution is 0.0463. The van der Waals surface area contributed by atoms with Crippen molar-refractivity contribution < 1.29 is 19.0 Å². The van der Waals surface area contributed by atoms with E-state index in [-0.39, 0.29) is 6.61 Å². The van der Waals surface area contributed by atoms with Crippen molar-refractivity contribution in [3.8, 4) is 22.9 Å². The smallest absolute Gasteiger partial charge is 0.364 e. The van der Waals surface area contributed by atoms with E-state index in [4.69, 9.17) is 14.2 Å². The molecule has 2 aromatic carbocycles. The third kappa shape index (κ3) is 6.30. The number of carbonyl (C=O) groups is 1. The number of nitrogens with zero attached hydrogens (tertiary/aromatic N) is 2. The van der Waals surface area contributed by atoms with Crippen LogP contribution in [0.4, 0.5) is 0 Å². The van der Waals surface area contributed by atoms with Gasteiger partial charge < -0.3 is 14.2 Å². The Balaban J connectivity index is 1.55. The van der Waals surface area contributed by atoms with Gasteiger partial charge in [-0.05, 0) is 83.6 Å². The van der Waals surface area contributed by atoms with E-state index < -0.39 is 22.9 Å². The lowest BCUT2D eigenvalue weighted by atomic mass is 9.87. The van der Waals surface area contributed by atoms with Gasteiger partial charge in [0.15, 0.2) is 0 Å². The number of aromatic amines is 1. The van der Waals surface area contributed by atoms with E-state index in [1.54, 1.807) is 37.4 Å². The largest absolute Gasteiger partial charge is 0.496 e. The Labute approximate surface area is 222 Å². The fraction of sp³-hybridized carbons (Fsp3) is 0.407. The van der Waals surface area contributed by atoms with Crippen LogP contribution in [0.2, 0.25) is 0 Å². The zero-order valence-corrected chi connectivity index (χ0v) is 22.7. The molecule has 9 nitrogen and oxygen atoms in total. The molecule has 0 bridgehead atoms. The first-order chi connectivity index (χ1) is 17.8. The predicted octanol–water partition coefficient (Wildman–Crippen LogP) is 5.23. The van der Waals surface area contributed by atoms with Crippen LogP contribution in [0, 0.1) is 19.8 Å². The van der Waals surface area contributed by atoms with Crippen molar-refractivity contribution in [1.29, 1.82) is 0 Å². The number of hydrogen-bond acceptors (Lipinski definition) is 7. The fourth-order valence-corrected chi connectivity index (χ4v) is 5.13. The van der Waals surface area contributed by atoms with E-state index in [1.165, 1.54) is 19.3 Å². The van der Waals surface area contributed by atoms with E-state index in [1.807, 2.05) is 13.8 Å². The Morgan fingerprint density at radius 3 is 2.46 bits per heavy atom. The Morgan fingerprint density at radius 2 is 1.81 bits per heavy atom. The first-order valence-electron chi connectivity index (χ1n) is 12.3. The zero-order valence-electron chi connectivity index (χ0n) is 21.1. The molecule has 1 saturated carbocycles. The highest BCUT2D eigenvalue weighted by Crippen LogP contribution is 2.34. The van der Waals surface area contributed by atoms with Gasteiger partial charge in [0.05, 0.1) is 23.9 Å². The number of methoxy groups -OCH3 is 1. The Bertz CT molecular complexity index is 1380. The quantitative estimate of drug-likeness (QED) is 0.368. The number of aromatic nitrogens is 3. The minimum atomic E-state index is -0.873. The Kier molecular flexibility index (Phi) is 8.48. The van der Waals surface area contributed by atoms with Gasteiger partial charge in [0, 0.05) is 0 Å². The van der Waals surface area contributed by atoms with E-state index in [2.05, 4.69) is 26.0 Å². The van der Waals surface area contributed by atoms with Crippen LogP contribution in [0.3, 0.4) is 0 Å². The summed E-state index contributed by atoms with van der Waals surface area (Å²) in [5.41, 5.74) is -0.229. The van der Waals surface area contributed by atoms with Gasteiger partial charge >= 0.3 is 11.7 Å². The first-order valence-corrected chi connectivity index (χ1v) is 13.1. The molecule has 1 aromatic heterocycles. The van der Waals surface area contributed by atoms with Crippen molar-refractivity contribution >= 4 is 21.9 Å². The molecule has 3 aromatic rings. The summed E-state index contributed by atoms with van der Waals surface area (Å²) in [6.07, 6.45) is 6.68. The maximum atomic E-state index is 12.6. The molecule has 1 N–H and O–H groups in total. The van der Waals surface area contributed by atoms with Gasteiger partial charge in [0.2, 0.25) is 5.69 Å². The summed E-state index contributed by atoms with van der Waals surface area (Å²) in [6, 6.07) is 8.78. The van der Waals surface area contributed by atoms with Gasteiger partial charge in [-0.3, -0.25) is 9.78 Å². The average molecular weight is 572 g/mol. The summed E-state index contributed by atoms with van der Waals surface area (Å²) in [5, 5.41) is 4.06. The van der Waals surface area contributed by atoms with Crippen LogP contribution < -0.4 is 20.7 Å². The molecule has 37 heavy (non-hydrogen) atoms. The van der Waals surface area contributed by atoms with Gasteiger partial charge in [0.1, 0.15) is 17.2 Å². The summed E-state index contributed by atoms with van der Waals surface area (Å²) in [4.78, 5) is 39.7. The number of aryl methyl sites for hydroxylation is 2. The molecule has 0 unspecified atom stereocenters. The molecule has 0 aliphatic heterocycles. The van der Waals surface area contributed by atoms with Gasteiger partial charge in [-0.25, -0.2) is 9.59 Å². The maximum Gasteiger partial charge on any atom is 0.364 e. The second-order valence-corrected chi connectivity index (χ2v) is 10.1. The standard InChI is InChI=1S/C27H30BrN3O6/c1-16-13-19(14-17(2)24(16)37-20-9-10-22(35-3)21(28)15-20)31-27(34)29-25(32)23(30-31)26(33)36-12-11-18-7-5-4-6-8-18/h9-10,13-15,18H,4-8,11-12H2,1-3H3,(H,29,32,34). The van der Waals surface area contributed by atoms with Crippen molar-refractivity contribution in [2.24, 2.45) is 5.92 Å². The molecule has 0 amide bonds. The number of halogens is 1. The predicted molar refractivity (Wildman–Crippen MR) is 142 cm³/mol. The van der Waals surface area contributed by atoms with Crippen LogP contribution in [-0.2, 0) is 4.74 Å². The highest BCUT2D eigenvalue weighted by atomic mass is 79.9. The molecule has 1 aliphatic carbocycles. The third-order valence-corrected chi connectivity index (χ3v) is 7.16. The summed E-state index contributed by atoms with van der Waals surface area (Å²) in [6.45, 7) is 3.89. The number of carbonyl (C=O) groups excluding carboxylic acids is 1. The first kappa shape index (κ1) is 26.7. The molecular weight excluding hydrogens is 542 g/mol. The highest BCUT2D eigenvalue weighted by molar-refractivity contribution is 9.10.